The highest BCUT2D eigenvalue weighted by atomic mass is 127. The Morgan fingerprint density at radius 3 is 1.67 bits per heavy atom. The van der Waals surface area contributed by atoms with E-state index in [9.17, 15) is 9.59 Å². The van der Waals surface area contributed by atoms with E-state index in [4.69, 9.17) is 38.4 Å². The Bertz CT molecular complexity index is 1860. The zero-order valence-corrected chi connectivity index (χ0v) is 38.4. The predicted octanol–water partition coefficient (Wildman–Crippen LogP) is 8.10. The summed E-state index contributed by atoms with van der Waals surface area (Å²) in [5, 5.41) is 2.55. The highest BCUT2D eigenvalue weighted by Gasteiger charge is 2.15. The van der Waals surface area contributed by atoms with Crippen LogP contribution in [0, 0.1) is 13.8 Å². The van der Waals surface area contributed by atoms with Crippen molar-refractivity contribution < 1.29 is 19.1 Å². The standard InChI is InChI=1S/C21H28N4O2.C18H26N4O.C3H4Cl2O.CH4.HI/c1-6-21(26)24-18-12-17(14-20-22-10-9-15(2)23-20)19(27-5)13-16(18)8-7-11-25(3)4;1-13-7-8-20-18(21-13)12-15-10-16(19)14(11-17(15)23-4)6-5-9-22(2)3;4-2-1-3(5)6;;/h6,9-10,12-13H,1,7-8,11,14H2,2-5H3,(H,24,26);7-8,10-11H,5-6,9,12,19H2,1-4H3;1-2H2;1H4;1H. The van der Waals surface area contributed by atoms with Gasteiger partial charge in [-0.2, -0.15) is 0 Å². The number of benzene rings is 2. The van der Waals surface area contributed by atoms with Crippen LogP contribution in [0.4, 0.5) is 11.4 Å². The summed E-state index contributed by atoms with van der Waals surface area (Å²) in [6, 6.07) is 11.8. The van der Waals surface area contributed by atoms with Gasteiger partial charge in [0.15, 0.2) is 0 Å². The molecule has 0 unspecified atom stereocenters. The molecule has 4 rings (SSSR count). The number of nitrogens with two attached hydrogens (primary N) is 1. The van der Waals surface area contributed by atoms with E-state index >= 15 is 0 Å². The average Bonchev–Trinajstić information content (AvgIpc) is 3.13. The van der Waals surface area contributed by atoms with Crippen LogP contribution in [-0.4, -0.2) is 102 Å². The fraction of sp³-hybridized carbons (Fsp3) is 0.442. The van der Waals surface area contributed by atoms with E-state index in [2.05, 4.69) is 61.8 Å². The Morgan fingerprint density at radius 2 is 1.28 bits per heavy atom. The summed E-state index contributed by atoms with van der Waals surface area (Å²) in [6.45, 7) is 9.45. The van der Waals surface area contributed by atoms with Crippen molar-refractivity contribution in [1.82, 2.24) is 29.7 Å². The first-order chi connectivity index (χ1) is 26.7. The number of carbonyl (C=O) groups is 2. The summed E-state index contributed by atoms with van der Waals surface area (Å²) in [7, 11) is 11.6. The molecule has 320 valence electrons. The van der Waals surface area contributed by atoms with E-state index in [-0.39, 0.29) is 49.0 Å². The molecule has 2 heterocycles. The van der Waals surface area contributed by atoms with Crippen molar-refractivity contribution in [1.29, 1.82) is 0 Å². The maximum Gasteiger partial charge on any atom is 0.247 e. The minimum absolute atomic E-state index is 0. The first-order valence-electron chi connectivity index (χ1n) is 18.4. The second kappa shape index (κ2) is 29.3. The van der Waals surface area contributed by atoms with E-state index < -0.39 is 0 Å². The summed E-state index contributed by atoms with van der Waals surface area (Å²) in [5.41, 5.74) is 13.8. The predicted molar refractivity (Wildman–Crippen MR) is 250 cm³/mol. The third-order valence-corrected chi connectivity index (χ3v) is 8.65. The van der Waals surface area contributed by atoms with Crippen molar-refractivity contribution >= 4 is 69.7 Å². The van der Waals surface area contributed by atoms with Gasteiger partial charge < -0.3 is 30.3 Å². The number of methoxy groups -OCH3 is 2. The van der Waals surface area contributed by atoms with Gasteiger partial charge in [-0.15, -0.1) is 35.6 Å². The molecule has 15 heteroatoms. The maximum absolute atomic E-state index is 11.9. The number of aromatic nitrogens is 4. The van der Waals surface area contributed by atoms with Gasteiger partial charge in [0.05, 0.1) is 14.2 Å². The lowest BCUT2D eigenvalue weighted by Gasteiger charge is -2.17. The lowest BCUT2D eigenvalue weighted by Crippen LogP contribution is -2.15. The number of nitrogens with one attached hydrogen (secondary N) is 1. The van der Waals surface area contributed by atoms with Crippen LogP contribution in [0.15, 0.2) is 61.4 Å². The molecule has 0 aliphatic carbocycles. The Hall–Kier alpha value is -3.89. The summed E-state index contributed by atoms with van der Waals surface area (Å²) in [4.78, 5) is 43.5. The van der Waals surface area contributed by atoms with Crippen molar-refractivity contribution in [2.45, 2.75) is 66.2 Å². The Kier molecular flexibility index (Phi) is 27.4. The normalized spacial score (nSPS) is 10.2. The third kappa shape index (κ3) is 20.7. The van der Waals surface area contributed by atoms with Gasteiger partial charge in [0.25, 0.3) is 0 Å². The van der Waals surface area contributed by atoms with Crippen molar-refractivity contribution in [3.63, 3.8) is 0 Å². The first kappa shape index (κ1) is 54.1. The van der Waals surface area contributed by atoms with E-state index in [0.717, 1.165) is 107 Å². The molecule has 3 N–H and O–H groups in total. The van der Waals surface area contributed by atoms with Gasteiger partial charge in [0, 0.05) is 71.4 Å². The second-order valence-corrected chi connectivity index (χ2v) is 14.4. The number of anilines is 2. The number of hydrogen-bond acceptors (Lipinski definition) is 11. The molecular formula is C43H63Cl2IN8O4. The van der Waals surface area contributed by atoms with Crippen molar-refractivity contribution in [2.24, 2.45) is 0 Å². The Labute approximate surface area is 373 Å². The zero-order chi connectivity index (χ0) is 41.6. The SMILES string of the molecule is C.C=CC(=O)Nc1cc(Cc2nccc(C)n2)c(OC)cc1CCCN(C)C.COc1cc(CCCN(C)C)c(N)cc1Cc1nccc(C)n1.I.O=C(Cl)CCCl. The lowest BCUT2D eigenvalue weighted by molar-refractivity contribution is -0.112. The number of nitrogens with zero attached hydrogens (tertiary/aromatic N) is 6. The molecule has 12 nitrogen and oxygen atoms in total. The number of nitrogen functional groups attached to an aromatic ring is 1. The Morgan fingerprint density at radius 1 is 0.810 bits per heavy atom. The van der Waals surface area contributed by atoms with E-state index in [1.807, 2.05) is 58.3 Å². The van der Waals surface area contributed by atoms with E-state index in [1.54, 1.807) is 26.6 Å². The van der Waals surface area contributed by atoms with Gasteiger partial charge in [-0.1, -0.05) is 14.0 Å². The molecule has 0 fully saturated rings. The maximum atomic E-state index is 11.9. The Balaban J connectivity index is 0.000000961. The summed E-state index contributed by atoms with van der Waals surface area (Å²) in [5.74, 6) is 3.22. The molecule has 0 spiro atoms. The lowest BCUT2D eigenvalue weighted by atomic mass is 10.0. The quantitative estimate of drug-likeness (QED) is 0.0328. The zero-order valence-electron chi connectivity index (χ0n) is 34.5. The van der Waals surface area contributed by atoms with Gasteiger partial charge in [-0.25, -0.2) is 19.9 Å². The number of halogens is 3. The molecule has 0 aliphatic rings. The number of carbonyl (C=O) groups excluding carboxylic acids is 2. The number of alkyl halides is 1. The largest absolute Gasteiger partial charge is 0.496 e. The molecule has 0 atom stereocenters. The molecule has 0 bridgehead atoms. The van der Waals surface area contributed by atoms with Crippen LogP contribution in [0.1, 0.15) is 72.0 Å². The number of rotatable bonds is 18. The van der Waals surface area contributed by atoms with Crippen molar-refractivity contribution in [3.8, 4) is 11.5 Å². The highest BCUT2D eigenvalue weighted by Crippen LogP contribution is 2.30. The fourth-order valence-electron chi connectivity index (χ4n) is 5.49. The van der Waals surface area contributed by atoms with Crippen LogP contribution < -0.4 is 20.5 Å². The van der Waals surface area contributed by atoms with Crippen molar-refractivity contribution in [2.75, 3.05) is 72.4 Å². The van der Waals surface area contributed by atoms with Gasteiger partial charge in [-0.05, 0) is 146 Å². The molecule has 0 saturated heterocycles. The molecule has 2 aromatic heterocycles. The fourth-order valence-corrected chi connectivity index (χ4v) is 5.85. The number of amides is 1. The van der Waals surface area contributed by atoms with Gasteiger partial charge in [0.2, 0.25) is 11.1 Å². The van der Waals surface area contributed by atoms with Crippen LogP contribution >= 0.6 is 47.2 Å². The van der Waals surface area contributed by atoms with Crippen LogP contribution in [0.3, 0.4) is 0 Å². The van der Waals surface area contributed by atoms with Crippen LogP contribution in [0.5, 0.6) is 11.5 Å². The molecule has 58 heavy (non-hydrogen) atoms. The smallest absolute Gasteiger partial charge is 0.247 e. The number of hydrogen-bond donors (Lipinski definition) is 2. The summed E-state index contributed by atoms with van der Waals surface area (Å²) < 4.78 is 11.2. The monoisotopic (exact) mass is 952 g/mol. The summed E-state index contributed by atoms with van der Waals surface area (Å²) >= 11 is 9.95. The van der Waals surface area contributed by atoms with E-state index in [1.165, 1.54) is 6.08 Å². The minimum Gasteiger partial charge on any atom is -0.496 e. The second-order valence-electron chi connectivity index (χ2n) is 13.6. The van der Waals surface area contributed by atoms with Crippen LogP contribution in [0.2, 0.25) is 0 Å². The number of ether oxygens (including phenoxy) is 2. The molecule has 4 aromatic rings. The van der Waals surface area contributed by atoms with Crippen LogP contribution in [-0.2, 0) is 35.3 Å². The minimum atomic E-state index is -0.370. The molecule has 2 aromatic carbocycles. The average molecular weight is 954 g/mol. The topological polar surface area (TPSA) is 149 Å². The molecule has 0 radical (unpaired) electrons. The van der Waals surface area contributed by atoms with E-state index in [0.29, 0.717) is 18.7 Å². The summed E-state index contributed by atoms with van der Waals surface area (Å²) in [6.07, 6.45) is 10.1. The third-order valence-electron chi connectivity index (χ3n) is 8.27. The van der Waals surface area contributed by atoms with Gasteiger partial charge in [0.1, 0.15) is 23.1 Å². The van der Waals surface area contributed by atoms with Gasteiger partial charge in [-0.3, -0.25) is 9.59 Å². The molecule has 0 saturated carbocycles. The molecule has 0 aliphatic heterocycles. The molecular weight excluding hydrogens is 890 g/mol. The van der Waals surface area contributed by atoms with Crippen LogP contribution in [0.25, 0.3) is 0 Å². The highest BCUT2D eigenvalue weighted by molar-refractivity contribution is 14.0. The molecule has 1 amide bonds. The van der Waals surface area contributed by atoms with Crippen molar-refractivity contribution in [3.05, 3.63) is 107 Å². The number of aryl methyl sites for hydroxylation is 4. The van der Waals surface area contributed by atoms with Gasteiger partial charge >= 0.3 is 0 Å². The first-order valence-corrected chi connectivity index (χ1v) is 19.3.